The number of esters is 1. The lowest BCUT2D eigenvalue weighted by atomic mass is 9.95. The Bertz CT molecular complexity index is 231. The molecule has 2 nitrogen and oxygen atoms in total. The lowest BCUT2D eigenvalue weighted by molar-refractivity contribution is -0.152. The summed E-state index contributed by atoms with van der Waals surface area (Å²) >= 11 is 0. The fourth-order valence-corrected chi connectivity index (χ4v) is 3.27. The maximum absolute atomic E-state index is 11.8. The van der Waals surface area contributed by atoms with E-state index in [1.165, 1.54) is 57.8 Å². The number of cyclic esters (lactones) is 1. The smallest absolute Gasteiger partial charge is 0.306 e. The molecule has 1 saturated heterocycles. The zero-order valence-corrected chi connectivity index (χ0v) is 11.0. The average Bonchev–Trinajstić information content (AvgIpc) is 2.82. The highest BCUT2D eigenvalue weighted by Gasteiger charge is 2.27. The minimum absolute atomic E-state index is 0.0591. The van der Waals surface area contributed by atoms with Crippen LogP contribution in [0.1, 0.15) is 77.0 Å². The molecule has 0 amide bonds. The number of rotatable bonds is 1. The second kappa shape index (κ2) is 7.03. The first-order valence-corrected chi connectivity index (χ1v) is 7.56. The molecule has 2 rings (SSSR count). The summed E-state index contributed by atoms with van der Waals surface area (Å²) in [6, 6.07) is 0. The predicted molar refractivity (Wildman–Crippen MR) is 68.8 cm³/mol. The SMILES string of the molecule is O=C1CCCCCCCCC(C2CCCC2)O1. The average molecular weight is 238 g/mol. The summed E-state index contributed by atoms with van der Waals surface area (Å²) in [7, 11) is 0. The van der Waals surface area contributed by atoms with Gasteiger partial charge in [-0.1, -0.05) is 38.5 Å². The predicted octanol–water partition coefficient (Wildman–Crippen LogP) is 4.22. The van der Waals surface area contributed by atoms with Crippen LogP contribution in [0.5, 0.6) is 0 Å². The Hall–Kier alpha value is -0.530. The van der Waals surface area contributed by atoms with Crippen LogP contribution in [-0.4, -0.2) is 12.1 Å². The third kappa shape index (κ3) is 4.33. The fourth-order valence-electron chi connectivity index (χ4n) is 3.27. The van der Waals surface area contributed by atoms with Crippen molar-refractivity contribution in [3.05, 3.63) is 0 Å². The Morgan fingerprint density at radius 3 is 2.12 bits per heavy atom. The quantitative estimate of drug-likeness (QED) is 0.639. The molecule has 0 aromatic carbocycles. The van der Waals surface area contributed by atoms with Crippen molar-refractivity contribution in [3.63, 3.8) is 0 Å². The van der Waals surface area contributed by atoms with Crippen molar-refractivity contribution < 1.29 is 9.53 Å². The number of ether oxygens (including phenoxy) is 1. The van der Waals surface area contributed by atoms with Crippen LogP contribution in [0, 0.1) is 5.92 Å². The van der Waals surface area contributed by atoms with E-state index in [2.05, 4.69) is 0 Å². The molecule has 2 aliphatic rings. The third-order valence-corrected chi connectivity index (χ3v) is 4.33. The molecule has 1 heterocycles. The van der Waals surface area contributed by atoms with E-state index < -0.39 is 0 Å². The summed E-state index contributed by atoms with van der Waals surface area (Å²) < 4.78 is 5.73. The molecule has 1 atom stereocenters. The van der Waals surface area contributed by atoms with Crippen molar-refractivity contribution >= 4 is 5.97 Å². The van der Waals surface area contributed by atoms with Crippen molar-refractivity contribution in [1.29, 1.82) is 0 Å². The summed E-state index contributed by atoms with van der Waals surface area (Å²) in [5.41, 5.74) is 0. The maximum atomic E-state index is 11.8. The molecule has 2 heteroatoms. The third-order valence-electron chi connectivity index (χ3n) is 4.33. The minimum atomic E-state index is 0.0591. The second-order valence-electron chi connectivity index (χ2n) is 5.73. The van der Waals surface area contributed by atoms with Gasteiger partial charge in [0.15, 0.2) is 0 Å². The van der Waals surface area contributed by atoms with Gasteiger partial charge in [0.25, 0.3) is 0 Å². The first-order valence-electron chi connectivity index (χ1n) is 7.56. The van der Waals surface area contributed by atoms with E-state index in [1.54, 1.807) is 0 Å². The van der Waals surface area contributed by atoms with Gasteiger partial charge in [-0.3, -0.25) is 4.79 Å². The van der Waals surface area contributed by atoms with Crippen LogP contribution in [0.2, 0.25) is 0 Å². The Morgan fingerprint density at radius 1 is 0.765 bits per heavy atom. The highest BCUT2D eigenvalue weighted by atomic mass is 16.5. The molecule has 17 heavy (non-hydrogen) atoms. The minimum Gasteiger partial charge on any atom is -0.462 e. The Kier molecular flexibility index (Phi) is 5.34. The zero-order chi connectivity index (χ0) is 11.9. The molecule has 0 N–H and O–H groups in total. The number of carbonyl (C=O) groups excluding carboxylic acids is 1. The molecule has 1 aliphatic carbocycles. The topological polar surface area (TPSA) is 26.3 Å². The standard InChI is InChI=1S/C15H26O2/c16-15-12-6-4-2-1-3-5-11-14(17-15)13-9-7-8-10-13/h13-14H,1-12H2. The van der Waals surface area contributed by atoms with Gasteiger partial charge in [-0.2, -0.15) is 0 Å². The van der Waals surface area contributed by atoms with E-state index in [1.807, 2.05) is 0 Å². The molecule has 0 aromatic rings. The van der Waals surface area contributed by atoms with E-state index in [-0.39, 0.29) is 12.1 Å². The Labute approximate surface area is 105 Å². The molecule has 0 aromatic heterocycles. The van der Waals surface area contributed by atoms with Crippen LogP contribution in [0.3, 0.4) is 0 Å². The van der Waals surface area contributed by atoms with Gasteiger partial charge in [0, 0.05) is 6.42 Å². The zero-order valence-electron chi connectivity index (χ0n) is 11.0. The molecule has 0 bridgehead atoms. The molecule has 2 fully saturated rings. The van der Waals surface area contributed by atoms with Crippen LogP contribution in [0.15, 0.2) is 0 Å². The molecular formula is C15H26O2. The lowest BCUT2D eigenvalue weighted by Gasteiger charge is -2.23. The molecular weight excluding hydrogens is 212 g/mol. The van der Waals surface area contributed by atoms with Crippen molar-refractivity contribution in [2.45, 2.75) is 83.2 Å². The van der Waals surface area contributed by atoms with Gasteiger partial charge in [-0.25, -0.2) is 0 Å². The van der Waals surface area contributed by atoms with Gasteiger partial charge in [-0.05, 0) is 38.0 Å². The lowest BCUT2D eigenvalue weighted by Crippen LogP contribution is -2.25. The number of carbonyl (C=O) groups is 1. The first-order chi connectivity index (χ1) is 8.36. The first kappa shape index (κ1) is 12.9. The van der Waals surface area contributed by atoms with Gasteiger partial charge in [-0.15, -0.1) is 0 Å². The molecule has 1 aliphatic heterocycles. The molecule has 0 radical (unpaired) electrons. The van der Waals surface area contributed by atoms with Gasteiger partial charge < -0.3 is 4.74 Å². The van der Waals surface area contributed by atoms with Gasteiger partial charge in [0.05, 0.1) is 0 Å². The summed E-state index contributed by atoms with van der Waals surface area (Å²) in [5.74, 6) is 0.725. The summed E-state index contributed by atoms with van der Waals surface area (Å²) in [6.45, 7) is 0. The van der Waals surface area contributed by atoms with Crippen molar-refractivity contribution in [3.8, 4) is 0 Å². The fraction of sp³-hybridized carbons (Fsp3) is 0.933. The summed E-state index contributed by atoms with van der Waals surface area (Å²) in [4.78, 5) is 11.8. The van der Waals surface area contributed by atoms with Crippen molar-refractivity contribution in [2.24, 2.45) is 5.92 Å². The van der Waals surface area contributed by atoms with Gasteiger partial charge >= 0.3 is 5.97 Å². The highest BCUT2D eigenvalue weighted by molar-refractivity contribution is 5.69. The van der Waals surface area contributed by atoms with Crippen molar-refractivity contribution in [2.75, 3.05) is 0 Å². The van der Waals surface area contributed by atoms with E-state index in [9.17, 15) is 4.79 Å². The van der Waals surface area contributed by atoms with Crippen LogP contribution in [0.25, 0.3) is 0 Å². The van der Waals surface area contributed by atoms with Crippen LogP contribution in [0.4, 0.5) is 0 Å². The number of hydrogen-bond donors (Lipinski definition) is 0. The maximum Gasteiger partial charge on any atom is 0.306 e. The summed E-state index contributed by atoms with van der Waals surface area (Å²) in [6.07, 6.45) is 14.6. The van der Waals surface area contributed by atoms with E-state index in [4.69, 9.17) is 4.74 Å². The van der Waals surface area contributed by atoms with E-state index in [0.29, 0.717) is 12.3 Å². The van der Waals surface area contributed by atoms with Gasteiger partial charge in [0.2, 0.25) is 0 Å². The molecule has 1 saturated carbocycles. The normalized spacial score (nSPS) is 29.6. The highest BCUT2D eigenvalue weighted by Crippen LogP contribution is 2.32. The molecule has 1 unspecified atom stereocenters. The Morgan fingerprint density at radius 2 is 1.35 bits per heavy atom. The Balaban J connectivity index is 1.87. The van der Waals surface area contributed by atoms with Crippen molar-refractivity contribution in [1.82, 2.24) is 0 Å². The molecule has 0 spiro atoms. The van der Waals surface area contributed by atoms with E-state index in [0.717, 1.165) is 12.8 Å². The van der Waals surface area contributed by atoms with Gasteiger partial charge in [0.1, 0.15) is 6.10 Å². The second-order valence-corrected chi connectivity index (χ2v) is 5.73. The van der Waals surface area contributed by atoms with Crippen LogP contribution >= 0.6 is 0 Å². The summed E-state index contributed by atoms with van der Waals surface area (Å²) in [5, 5.41) is 0. The molecule has 98 valence electrons. The van der Waals surface area contributed by atoms with Crippen LogP contribution in [-0.2, 0) is 9.53 Å². The van der Waals surface area contributed by atoms with E-state index >= 15 is 0 Å². The largest absolute Gasteiger partial charge is 0.462 e. The monoisotopic (exact) mass is 238 g/mol. The number of hydrogen-bond acceptors (Lipinski definition) is 2. The van der Waals surface area contributed by atoms with Crippen LogP contribution < -0.4 is 0 Å².